The predicted molar refractivity (Wildman–Crippen MR) is 53.0 cm³/mol. The maximum Gasteiger partial charge on any atom is 0.200 e. The van der Waals surface area contributed by atoms with E-state index in [0.717, 1.165) is 0 Å². The molecule has 84 valence electrons. The lowest BCUT2D eigenvalue weighted by molar-refractivity contribution is 0.368. The molecule has 0 nitrogen and oxygen atoms in total. The van der Waals surface area contributed by atoms with Gasteiger partial charge in [0.1, 0.15) is 0 Å². The Morgan fingerprint density at radius 3 is 1.27 bits per heavy atom. The zero-order valence-electron chi connectivity index (χ0n) is 7.54. The molecule has 15 heavy (non-hydrogen) atoms. The second kappa shape index (κ2) is 3.95. The molecular formula is C8H7F5P2. The fourth-order valence-electron chi connectivity index (χ4n) is 1.08. The van der Waals surface area contributed by atoms with Crippen molar-refractivity contribution in [3.63, 3.8) is 0 Å². The van der Waals surface area contributed by atoms with Crippen molar-refractivity contribution in [3.05, 3.63) is 34.6 Å². The SMILES string of the molecule is CC(P)(P)c1c(F)c(F)c(F)c(F)c1F. The van der Waals surface area contributed by atoms with Crippen LogP contribution in [0.15, 0.2) is 0 Å². The molecule has 0 spiro atoms. The van der Waals surface area contributed by atoms with E-state index in [2.05, 4.69) is 0 Å². The van der Waals surface area contributed by atoms with E-state index < -0.39 is 39.5 Å². The molecule has 1 aromatic rings. The molecule has 0 fully saturated rings. The maximum atomic E-state index is 13.2. The Morgan fingerprint density at radius 1 is 0.733 bits per heavy atom. The lowest BCUT2D eigenvalue weighted by atomic mass is 10.1. The van der Waals surface area contributed by atoms with Gasteiger partial charge in [-0.05, 0) is 6.92 Å². The van der Waals surface area contributed by atoms with E-state index in [-0.39, 0.29) is 0 Å². The number of rotatable bonds is 1. The van der Waals surface area contributed by atoms with Gasteiger partial charge in [-0.15, -0.1) is 18.5 Å². The summed E-state index contributed by atoms with van der Waals surface area (Å²) in [5.74, 6) is -9.62. The van der Waals surface area contributed by atoms with Gasteiger partial charge in [0.25, 0.3) is 0 Å². The first-order chi connectivity index (χ1) is 6.68. The molecule has 0 aliphatic heterocycles. The molecule has 1 rings (SSSR count). The third-order valence-corrected chi connectivity index (χ3v) is 2.33. The van der Waals surface area contributed by atoms with Crippen LogP contribution in [0, 0.1) is 29.1 Å². The molecule has 0 N–H and O–H groups in total. The average molecular weight is 260 g/mol. The van der Waals surface area contributed by atoms with Gasteiger partial charge in [-0.2, -0.15) is 0 Å². The molecular weight excluding hydrogens is 253 g/mol. The van der Waals surface area contributed by atoms with Gasteiger partial charge >= 0.3 is 0 Å². The predicted octanol–water partition coefficient (Wildman–Crippen LogP) is 3.31. The second-order valence-electron chi connectivity index (χ2n) is 3.23. The van der Waals surface area contributed by atoms with Gasteiger partial charge in [0.05, 0.1) is 0 Å². The van der Waals surface area contributed by atoms with Crippen LogP contribution in [0.4, 0.5) is 22.0 Å². The van der Waals surface area contributed by atoms with Crippen LogP contribution in [-0.4, -0.2) is 0 Å². The Hall–Kier alpha value is -0.270. The summed E-state index contributed by atoms with van der Waals surface area (Å²) in [5.41, 5.74) is -0.867. The van der Waals surface area contributed by atoms with E-state index in [4.69, 9.17) is 0 Å². The fraction of sp³-hybridized carbons (Fsp3) is 0.250. The largest absolute Gasteiger partial charge is 0.203 e. The lowest BCUT2D eigenvalue weighted by Gasteiger charge is -2.20. The minimum Gasteiger partial charge on any atom is -0.203 e. The molecule has 0 amide bonds. The second-order valence-corrected chi connectivity index (χ2v) is 6.29. The van der Waals surface area contributed by atoms with Crippen molar-refractivity contribution in [1.29, 1.82) is 0 Å². The molecule has 1 aromatic carbocycles. The highest BCUT2D eigenvalue weighted by atomic mass is 31.1. The van der Waals surface area contributed by atoms with Gasteiger partial charge in [-0.25, -0.2) is 22.0 Å². The molecule has 0 radical (unpaired) electrons. The minimum absolute atomic E-state index is 0.867. The maximum absolute atomic E-state index is 13.2. The molecule has 0 saturated heterocycles. The molecule has 0 saturated carbocycles. The third-order valence-electron chi connectivity index (χ3n) is 1.75. The monoisotopic (exact) mass is 260 g/mol. The molecule has 0 heterocycles. The van der Waals surface area contributed by atoms with Crippen molar-refractivity contribution >= 4 is 18.5 Å². The molecule has 2 atom stereocenters. The van der Waals surface area contributed by atoms with Crippen LogP contribution in [0.2, 0.25) is 0 Å². The van der Waals surface area contributed by atoms with Crippen molar-refractivity contribution < 1.29 is 22.0 Å². The average Bonchev–Trinajstić information content (AvgIpc) is 2.09. The summed E-state index contributed by atoms with van der Waals surface area (Å²) < 4.78 is 64.5. The Morgan fingerprint density at radius 2 is 1.00 bits per heavy atom. The Balaban J connectivity index is 3.68. The van der Waals surface area contributed by atoms with E-state index >= 15 is 0 Å². The number of hydrogen-bond donors (Lipinski definition) is 0. The van der Waals surface area contributed by atoms with Gasteiger partial charge in [-0.3, -0.25) is 0 Å². The van der Waals surface area contributed by atoms with Crippen molar-refractivity contribution in [2.75, 3.05) is 0 Å². The zero-order valence-corrected chi connectivity index (χ0v) is 9.85. The summed E-state index contributed by atoms with van der Waals surface area (Å²) in [6.07, 6.45) is 0. The molecule has 7 heteroatoms. The molecule has 2 unspecified atom stereocenters. The number of benzene rings is 1. The van der Waals surface area contributed by atoms with E-state index in [1.807, 2.05) is 18.5 Å². The number of halogens is 5. The highest BCUT2D eigenvalue weighted by molar-refractivity contribution is 7.38. The van der Waals surface area contributed by atoms with Gasteiger partial charge in [0.15, 0.2) is 23.3 Å². The van der Waals surface area contributed by atoms with E-state index in [9.17, 15) is 22.0 Å². The summed E-state index contributed by atoms with van der Waals surface area (Å²) in [5, 5.41) is 0. The van der Waals surface area contributed by atoms with Crippen molar-refractivity contribution in [1.82, 2.24) is 0 Å². The first-order valence-corrected chi connectivity index (χ1v) is 4.93. The quantitative estimate of drug-likeness (QED) is 0.314. The summed E-state index contributed by atoms with van der Waals surface area (Å²) in [6, 6.07) is 0. The Labute approximate surface area is 87.6 Å². The summed E-state index contributed by atoms with van der Waals surface area (Å²) >= 11 is 0. The van der Waals surface area contributed by atoms with Crippen molar-refractivity contribution in [3.8, 4) is 0 Å². The molecule has 0 aliphatic rings. The van der Waals surface area contributed by atoms with Gasteiger partial charge in [0, 0.05) is 10.5 Å². The number of hydrogen-bond acceptors (Lipinski definition) is 0. The third kappa shape index (κ3) is 2.14. The molecule has 0 aromatic heterocycles. The van der Waals surface area contributed by atoms with Crippen LogP contribution in [0.1, 0.15) is 12.5 Å². The van der Waals surface area contributed by atoms with Crippen molar-refractivity contribution in [2.45, 2.75) is 11.8 Å². The Kier molecular flexibility index (Phi) is 3.37. The molecule has 0 aliphatic carbocycles. The van der Waals surface area contributed by atoms with Gasteiger partial charge in [-0.1, -0.05) is 0 Å². The minimum atomic E-state index is -2.15. The fourth-order valence-corrected chi connectivity index (χ4v) is 1.58. The van der Waals surface area contributed by atoms with Crippen LogP contribution >= 0.6 is 18.5 Å². The van der Waals surface area contributed by atoms with Crippen LogP contribution < -0.4 is 0 Å². The van der Waals surface area contributed by atoms with Crippen molar-refractivity contribution in [2.24, 2.45) is 0 Å². The van der Waals surface area contributed by atoms with Gasteiger partial charge < -0.3 is 0 Å². The summed E-state index contributed by atoms with van der Waals surface area (Å²) in [6.45, 7) is 1.29. The van der Waals surface area contributed by atoms with Crippen LogP contribution in [0.5, 0.6) is 0 Å². The smallest absolute Gasteiger partial charge is 0.200 e. The van der Waals surface area contributed by atoms with Crippen LogP contribution in [0.3, 0.4) is 0 Å². The van der Waals surface area contributed by atoms with E-state index in [0.29, 0.717) is 0 Å². The standard InChI is InChI=1S/C8H7F5P2/c1-8(14,15)2-3(9)5(11)7(13)6(12)4(2)10/h14-15H2,1H3. The molecule has 0 bridgehead atoms. The van der Waals surface area contributed by atoms with Crippen LogP contribution in [0.25, 0.3) is 0 Å². The normalized spacial score (nSPS) is 12.0. The highest BCUT2D eigenvalue weighted by Gasteiger charge is 2.32. The zero-order chi connectivity index (χ0) is 12.0. The van der Waals surface area contributed by atoms with Gasteiger partial charge in [0.2, 0.25) is 5.82 Å². The summed E-state index contributed by atoms with van der Waals surface area (Å²) in [4.78, 5) is -1.32. The summed E-state index contributed by atoms with van der Waals surface area (Å²) in [7, 11) is 3.97. The first kappa shape index (κ1) is 12.8. The van der Waals surface area contributed by atoms with E-state index in [1.165, 1.54) is 6.92 Å². The topological polar surface area (TPSA) is 0 Å². The van der Waals surface area contributed by atoms with E-state index in [1.54, 1.807) is 0 Å². The van der Waals surface area contributed by atoms with Crippen LogP contribution in [-0.2, 0) is 4.90 Å². The lowest BCUT2D eigenvalue weighted by Crippen LogP contribution is -2.14. The first-order valence-electron chi connectivity index (χ1n) is 3.77. The highest BCUT2D eigenvalue weighted by Crippen LogP contribution is 2.42. The Bertz CT molecular complexity index is 381.